The highest BCUT2D eigenvalue weighted by Crippen LogP contribution is 2.56. The minimum absolute atomic E-state index is 0.0105. The Kier molecular flexibility index (Phi) is 13.6. The molecular weight excluding hydrogens is 898 g/mol. The van der Waals surface area contributed by atoms with E-state index in [0.717, 1.165) is 76.0 Å². The van der Waals surface area contributed by atoms with Crippen LogP contribution in [-0.4, -0.2) is 114 Å². The first-order valence-electron chi connectivity index (χ1n) is 24.5. The lowest BCUT2D eigenvalue weighted by atomic mass is 9.49. The summed E-state index contributed by atoms with van der Waals surface area (Å²) in [7, 11) is 5.18. The molecule has 3 saturated carbocycles. The molecule has 1 saturated heterocycles. The minimum atomic E-state index is -0.350. The standard InChI is InChI=1S/C51H66ClN11O6/c1-9-39-45(66)61(7)40-28-54-48(59-42(40)63(39)32-12-10-11-13-32)58-38-16-14-29(22-41(38)67-8)43(64)57-31-23-35(24-31)68-33-18-20-62(21-19-33)49-55-26-30(27-56-49)44(65)60-46-50(2,3)47(51(46,4)5)69-34-15-17-37(53-6)36(52)25-34/h14-17,22,25-28,31-33,35,39,46-47,53H,9-13,18-21,23-24H2,1-8H3,(H,57,64)(H,60,65)(H,54,58,59)/t31?,35?,39-,46?,47?/m1/s1. The van der Waals surface area contributed by atoms with Gasteiger partial charge in [-0.25, -0.2) is 15.0 Å². The molecule has 0 unspecified atom stereocenters. The van der Waals surface area contributed by atoms with Gasteiger partial charge in [0.05, 0.1) is 47.5 Å². The number of ether oxygens (including phenoxy) is 3. The summed E-state index contributed by atoms with van der Waals surface area (Å²) in [6, 6.07) is 10.8. The Morgan fingerprint density at radius 2 is 1.54 bits per heavy atom. The Hall–Kier alpha value is -5.94. The second-order valence-electron chi connectivity index (χ2n) is 20.4. The van der Waals surface area contributed by atoms with E-state index in [9.17, 15) is 14.4 Å². The molecule has 3 amide bonds. The van der Waals surface area contributed by atoms with E-state index in [2.05, 4.69) is 73.7 Å². The van der Waals surface area contributed by atoms with Crippen molar-refractivity contribution in [3.05, 3.63) is 71.1 Å². The zero-order valence-corrected chi connectivity index (χ0v) is 41.7. The number of piperidine rings is 1. The number of nitrogens with one attached hydrogen (secondary N) is 4. The molecule has 0 radical (unpaired) electrons. The summed E-state index contributed by atoms with van der Waals surface area (Å²) >= 11 is 6.42. The lowest BCUT2D eigenvalue weighted by Crippen LogP contribution is -2.74. The van der Waals surface area contributed by atoms with E-state index in [0.29, 0.717) is 57.3 Å². The summed E-state index contributed by atoms with van der Waals surface area (Å²) in [5, 5.41) is 13.4. The van der Waals surface area contributed by atoms with Gasteiger partial charge in [-0.1, -0.05) is 59.1 Å². The predicted octanol–water partition coefficient (Wildman–Crippen LogP) is 7.78. The highest BCUT2D eigenvalue weighted by Gasteiger charge is 2.64. The fourth-order valence-corrected chi connectivity index (χ4v) is 11.8. The van der Waals surface area contributed by atoms with Crippen molar-refractivity contribution in [3.63, 3.8) is 0 Å². The van der Waals surface area contributed by atoms with Crippen LogP contribution in [0.3, 0.4) is 0 Å². The van der Waals surface area contributed by atoms with Gasteiger partial charge in [-0.15, -0.1) is 0 Å². The maximum Gasteiger partial charge on any atom is 0.254 e. The third-order valence-corrected chi connectivity index (χ3v) is 15.5. The van der Waals surface area contributed by atoms with Crippen LogP contribution in [0.4, 0.5) is 34.8 Å². The largest absolute Gasteiger partial charge is 0.495 e. The molecule has 2 aromatic carbocycles. The molecule has 0 bridgehead atoms. The Labute approximate surface area is 409 Å². The zero-order valence-electron chi connectivity index (χ0n) is 41.0. The second kappa shape index (κ2) is 19.5. The van der Waals surface area contributed by atoms with Crippen molar-refractivity contribution in [3.8, 4) is 11.5 Å². The van der Waals surface area contributed by atoms with Crippen LogP contribution in [0.2, 0.25) is 5.02 Å². The number of carbonyl (C=O) groups excluding carboxylic acids is 3. The molecule has 69 heavy (non-hydrogen) atoms. The molecule has 9 rings (SSSR count). The van der Waals surface area contributed by atoms with Gasteiger partial charge in [0, 0.05) is 80.2 Å². The third-order valence-electron chi connectivity index (χ3n) is 15.1. The normalized spacial score (nSPS) is 24.2. The average Bonchev–Trinajstić information content (AvgIpc) is 3.87. The lowest BCUT2D eigenvalue weighted by Gasteiger charge is -2.63. The number of rotatable bonds is 15. The van der Waals surface area contributed by atoms with E-state index in [4.69, 9.17) is 30.8 Å². The summed E-state index contributed by atoms with van der Waals surface area (Å²) in [4.78, 5) is 64.9. The minimum Gasteiger partial charge on any atom is -0.495 e. The SMILES string of the molecule is CC[C@@H]1C(=O)N(C)c2cnc(Nc3ccc(C(=O)NC4CC(OC5CCN(c6ncc(C(=O)NC7C(C)(C)C(Oc8ccc(NC)c(Cl)c8)C7(C)C)cn6)CC5)C4)cc3OC)nc2N1C1CCCC1. The van der Waals surface area contributed by atoms with E-state index in [-0.39, 0.29) is 71.0 Å². The molecular formula is C51H66ClN11O6. The zero-order chi connectivity index (χ0) is 48.8. The summed E-state index contributed by atoms with van der Waals surface area (Å²) in [6.07, 6.45) is 13.1. The number of carbonyl (C=O) groups is 3. The maximum absolute atomic E-state index is 13.5. The van der Waals surface area contributed by atoms with E-state index in [1.165, 1.54) is 0 Å². The first-order chi connectivity index (χ1) is 33.1. The van der Waals surface area contributed by atoms with Gasteiger partial charge < -0.3 is 50.2 Å². The van der Waals surface area contributed by atoms with Gasteiger partial charge in [0.15, 0.2) is 5.82 Å². The van der Waals surface area contributed by atoms with Crippen molar-refractivity contribution < 1.29 is 28.6 Å². The average molecular weight is 965 g/mol. The van der Waals surface area contributed by atoms with Gasteiger partial charge in [0.1, 0.15) is 29.3 Å². The van der Waals surface area contributed by atoms with Crippen LogP contribution >= 0.6 is 11.6 Å². The molecule has 4 N–H and O–H groups in total. The van der Waals surface area contributed by atoms with Crippen LogP contribution in [0, 0.1) is 10.8 Å². The molecule has 18 heteroatoms. The molecule has 2 aromatic heterocycles. The molecule has 0 spiro atoms. The molecule has 3 aliphatic carbocycles. The maximum atomic E-state index is 13.5. The van der Waals surface area contributed by atoms with Gasteiger partial charge in [0.2, 0.25) is 17.8 Å². The molecule has 5 aliphatic rings. The van der Waals surface area contributed by atoms with Crippen molar-refractivity contribution in [1.29, 1.82) is 0 Å². The molecule has 2 aliphatic heterocycles. The molecule has 4 aromatic rings. The first kappa shape index (κ1) is 48.1. The number of hydrogen-bond donors (Lipinski definition) is 4. The Bertz CT molecular complexity index is 2530. The number of nitrogens with zero attached hydrogens (tertiary/aromatic N) is 7. The fraction of sp³-hybridized carbons (Fsp3) is 0.549. The van der Waals surface area contributed by atoms with Crippen molar-refractivity contribution in [2.24, 2.45) is 10.8 Å². The summed E-state index contributed by atoms with van der Waals surface area (Å²) in [5.41, 5.74) is 2.35. The topological polar surface area (TPSA) is 188 Å². The monoisotopic (exact) mass is 963 g/mol. The Morgan fingerprint density at radius 3 is 2.19 bits per heavy atom. The smallest absolute Gasteiger partial charge is 0.254 e. The number of benzene rings is 2. The van der Waals surface area contributed by atoms with Gasteiger partial charge in [-0.3, -0.25) is 14.4 Å². The predicted molar refractivity (Wildman–Crippen MR) is 267 cm³/mol. The highest BCUT2D eigenvalue weighted by atomic mass is 35.5. The quantitative estimate of drug-likeness (QED) is 0.0905. The van der Waals surface area contributed by atoms with Gasteiger partial charge >= 0.3 is 0 Å². The number of aromatic nitrogens is 4. The van der Waals surface area contributed by atoms with Crippen LogP contribution in [0.25, 0.3) is 0 Å². The number of halogens is 1. The lowest BCUT2D eigenvalue weighted by molar-refractivity contribution is -0.164. The van der Waals surface area contributed by atoms with Gasteiger partial charge in [-0.05, 0) is 75.3 Å². The van der Waals surface area contributed by atoms with Gasteiger partial charge in [0.25, 0.3) is 11.8 Å². The highest BCUT2D eigenvalue weighted by molar-refractivity contribution is 6.33. The van der Waals surface area contributed by atoms with Gasteiger partial charge in [-0.2, -0.15) is 4.98 Å². The Balaban J connectivity index is 0.719. The number of fused-ring (bicyclic) bond motifs is 1. The molecule has 368 valence electrons. The number of methoxy groups -OCH3 is 1. The number of likely N-dealkylation sites (N-methyl/N-ethyl adjacent to an activating group) is 1. The van der Waals surface area contributed by atoms with Crippen LogP contribution in [-0.2, 0) is 9.53 Å². The summed E-state index contributed by atoms with van der Waals surface area (Å²) < 4.78 is 18.6. The van der Waals surface area contributed by atoms with E-state index in [1.54, 1.807) is 55.8 Å². The molecule has 4 fully saturated rings. The van der Waals surface area contributed by atoms with E-state index in [1.807, 2.05) is 32.2 Å². The second-order valence-corrected chi connectivity index (χ2v) is 20.8. The molecule has 4 heterocycles. The van der Waals surface area contributed by atoms with Crippen LogP contribution in [0.1, 0.15) is 113 Å². The third kappa shape index (κ3) is 9.43. The number of hydrogen-bond acceptors (Lipinski definition) is 14. The van der Waals surface area contributed by atoms with Crippen LogP contribution in [0.15, 0.2) is 55.0 Å². The van der Waals surface area contributed by atoms with E-state index >= 15 is 0 Å². The van der Waals surface area contributed by atoms with Crippen molar-refractivity contribution in [2.75, 3.05) is 59.6 Å². The Morgan fingerprint density at radius 1 is 0.855 bits per heavy atom. The number of anilines is 6. The van der Waals surface area contributed by atoms with Crippen LogP contribution < -0.4 is 45.4 Å². The fourth-order valence-electron chi connectivity index (χ4n) is 11.6. The summed E-state index contributed by atoms with van der Waals surface area (Å²) in [6.45, 7) is 11.9. The van der Waals surface area contributed by atoms with Crippen molar-refractivity contribution >= 4 is 64.1 Å². The van der Waals surface area contributed by atoms with E-state index < -0.39 is 0 Å². The van der Waals surface area contributed by atoms with Crippen molar-refractivity contribution in [1.82, 2.24) is 30.6 Å². The molecule has 17 nitrogen and oxygen atoms in total. The first-order valence-corrected chi connectivity index (χ1v) is 24.8. The molecule has 1 atom stereocenters. The number of amides is 3. The van der Waals surface area contributed by atoms with Crippen LogP contribution in [0.5, 0.6) is 11.5 Å². The van der Waals surface area contributed by atoms with Crippen molar-refractivity contribution in [2.45, 2.75) is 135 Å². The summed E-state index contributed by atoms with van der Waals surface area (Å²) in [5.74, 6) is 2.58.